The SMILES string of the molecule is CC1(C)OC[C@H]([C@H]2O[C@H](O)[C@H](O)[C@H]2OC2CCCCO2)O1. The lowest BCUT2D eigenvalue weighted by molar-refractivity contribution is -0.220. The van der Waals surface area contributed by atoms with Crippen molar-refractivity contribution in [3.05, 3.63) is 0 Å². The minimum absolute atomic E-state index is 0.336. The summed E-state index contributed by atoms with van der Waals surface area (Å²) < 4.78 is 28.1. The number of aliphatic hydroxyl groups is 2. The molecular weight excluding hydrogens is 280 g/mol. The molecule has 0 aromatic rings. The molecular formula is C14H24O7. The molecule has 3 rings (SSSR count). The van der Waals surface area contributed by atoms with Gasteiger partial charge in [-0.05, 0) is 33.1 Å². The third kappa shape index (κ3) is 3.39. The molecule has 0 spiro atoms. The van der Waals surface area contributed by atoms with Crippen molar-refractivity contribution >= 4 is 0 Å². The van der Waals surface area contributed by atoms with Gasteiger partial charge < -0.3 is 33.9 Å². The fourth-order valence-corrected chi connectivity index (χ4v) is 3.00. The van der Waals surface area contributed by atoms with Crippen molar-refractivity contribution < 1.29 is 33.9 Å². The van der Waals surface area contributed by atoms with Gasteiger partial charge in [-0.25, -0.2) is 0 Å². The summed E-state index contributed by atoms with van der Waals surface area (Å²) in [7, 11) is 0. The minimum atomic E-state index is -1.28. The molecule has 0 aliphatic carbocycles. The molecule has 0 bridgehead atoms. The van der Waals surface area contributed by atoms with Crippen LogP contribution < -0.4 is 0 Å². The van der Waals surface area contributed by atoms with Gasteiger partial charge in [0.25, 0.3) is 0 Å². The first-order valence-electron chi connectivity index (χ1n) is 7.57. The molecule has 122 valence electrons. The van der Waals surface area contributed by atoms with E-state index in [1.54, 1.807) is 0 Å². The zero-order chi connectivity index (χ0) is 15.0. The Balaban J connectivity index is 1.66. The van der Waals surface area contributed by atoms with Gasteiger partial charge in [0.15, 0.2) is 18.4 Å². The van der Waals surface area contributed by atoms with Crippen LogP contribution in [0.25, 0.3) is 0 Å². The molecule has 0 amide bonds. The van der Waals surface area contributed by atoms with Crippen LogP contribution in [0.3, 0.4) is 0 Å². The molecule has 3 heterocycles. The number of hydrogen-bond acceptors (Lipinski definition) is 7. The number of rotatable bonds is 3. The van der Waals surface area contributed by atoms with Crippen molar-refractivity contribution in [3.8, 4) is 0 Å². The van der Waals surface area contributed by atoms with Crippen LogP contribution in [0.15, 0.2) is 0 Å². The maximum Gasteiger partial charge on any atom is 0.184 e. The van der Waals surface area contributed by atoms with Crippen LogP contribution in [0.5, 0.6) is 0 Å². The highest BCUT2D eigenvalue weighted by atomic mass is 16.8. The molecule has 7 nitrogen and oxygen atoms in total. The molecule has 3 fully saturated rings. The third-order valence-corrected chi connectivity index (χ3v) is 4.09. The van der Waals surface area contributed by atoms with E-state index in [2.05, 4.69) is 0 Å². The summed E-state index contributed by atoms with van der Waals surface area (Å²) in [6.45, 7) is 4.62. The molecule has 2 N–H and O–H groups in total. The summed E-state index contributed by atoms with van der Waals surface area (Å²) in [6.07, 6.45) is -1.61. The van der Waals surface area contributed by atoms with Gasteiger partial charge in [-0.15, -0.1) is 0 Å². The van der Waals surface area contributed by atoms with Crippen molar-refractivity contribution in [2.45, 2.75) is 75.9 Å². The van der Waals surface area contributed by atoms with E-state index in [0.29, 0.717) is 13.2 Å². The van der Waals surface area contributed by atoms with E-state index < -0.39 is 30.4 Å². The Morgan fingerprint density at radius 2 is 2.00 bits per heavy atom. The van der Waals surface area contributed by atoms with Gasteiger partial charge in [0.2, 0.25) is 0 Å². The first-order chi connectivity index (χ1) is 9.96. The Morgan fingerprint density at radius 3 is 2.62 bits per heavy atom. The van der Waals surface area contributed by atoms with E-state index in [1.165, 1.54) is 0 Å². The van der Waals surface area contributed by atoms with Crippen LogP contribution in [0.4, 0.5) is 0 Å². The van der Waals surface area contributed by atoms with Gasteiger partial charge in [-0.3, -0.25) is 0 Å². The second-order valence-electron chi connectivity index (χ2n) is 6.25. The molecule has 1 unspecified atom stereocenters. The van der Waals surface area contributed by atoms with E-state index in [4.69, 9.17) is 23.7 Å². The van der Waals surface area contributed by atoms with Crippen LogP contribution in [-0.4, -0.2) is 66.2 Å². The summed E-state index contributed by atoms with van der Waals surface area (Å²) in [5, 5.41) is 19.9. The number of hydrogen-bond donors (Lipinski definition) is 2. The third-order valence-electron chi connectivity index (χ3n) is 4.09. The first-order valence-corrected chi connectivity index (χ1v) is 7.57. The van der Waals surface area contributed by atoms with Crippen molar-refractivity contribution in [1.82, 2.24) is 0 Å². The Hall–Kier alpha value is -0.280. The monoisotopic (exact) mass is 304 g/mol. The van der Waals surface area contributed by atoms with E-state index in [-0.39, 0.29) is 12.4 Å². The molecule has 0 aromatic heterocycles. The Kier molecular flexibility index (Phi) is 4.52. The Morgan fingerprint density at radius 1 is 1.19 bits per heavy atom. The molecule has 7 heteroatoms. The fourth-order valence-electron chi connectivity index (χ4n) is 3.00. The second kappa shape index (κ2) is 6.08. The lowest BCUT2D eigenvalue weighted by Gasteiger charge is -2.30. The van der Waals surface area contributed by atoms with Gasteiger partial charge in [-0.2, -0.15) is 0 Å². The van der Waals surface area contributed by atoms with E-state index in [1.807, 2.05) is 13.8 Å². The van der Waals surface area contributed by atoms with Crippen LogP contribution >= 0.6 is 0 Å². The fraction of sp³-hybridized carbons (Fsp3) is 1.00. The zero-order valence-electron chi connectivity index (χ0n) is 12.4. The van der Waals surface area contributed by atoms with Crippen LogP contribution in [-0.2, 0) is 23.7 Å². The Labute approximate surface area is 124 Å². The highest BCUT2D eigenvalue weighted by Gasteiger charge is 2.52. The summed E-state index contributed by atoms with van der Waals surface area (Å²) in [4.78, 5) is 0. The molecule has 3 aliphatic rings. The normalized spacial score (nSPS) is 46.9. The van der Waals surface area contributed by atoms with Crippen molar-refractivity contribution in [3.63, 3.8) is 0 Å². The Bertz CT molecular complexity index is 355. The molecule has 21 heavy (non-hydrogen) atoms. The molecule has 6 atom stereocenters. The minimum Gasteiger partial charge on any atom is -0.385 e. The van der Waals surface area contributed by atoms with Crippen LogP contribution in [0.2, 0.25) is 0 Å². The predicted molar refractivity (Wildman–Crippen MR) is 70.3 cm³/mol. The zero-order valence-corrected chi connectivity index (χ0v) is 12.4. The van der Waals surface area contributed by atoms with Gasteiger partial charge in [-0.1, -0.05) is 0 Å². The standard InChI is InChI=1S/C14H24O7/c1-14(2)18-7-8(21-14)11-12(10(15)13(16)20-11)19-9-5-3-4-6-17-9/h8-13,15-16H,3-7H2,1-2H3/t8-,9?,10-,11-,12-,13+/m1/s1. The molecule has 0 radical (unpaired) electrons. The molecule has 0 saturated carbocycles. The smallest absolute Gasteiger partial charge is 0.184 e. The lowest BCUT2D eigenvalue weighted by Crippen LogP contribution is -2.45. The number of aliphatic hydroxyl groups excluding tert-OH is 2. The average molecular weight is 304 g/mol. The summed E-state index contributed by atoms with van der Waals surface area (Å²) >= 11 is 0. The quantitative estimate of drug-likeness (QED) is 0.766. The van der Waals surface area contributed by atoms with Crippen molar-refractivity contribution in [1.29, 1.82) is 0 Å². The highest BCUT2D eigenvalue weighted by molar-refractivity contribution is 4.94. The first kappa shape index (κ1) is 15.6. The van der Waals surface area contributed by atoms with Gasteiger partial charge in [0.1, 0.15) is 24.4 Å². The largest absolute Gasteiger partial charge is 0.385 e. The summed E-state index contributed by atoms with van der Waals surface area (Å²) in [5.41, 5.74) is 0. The van der Waals surface area contributed by atoms with Crippen LogP contribution in [0.1, 0.15) is 33.1 Å². The highest BCUT2D eigenvalue weighted by Crippen LogP contribution is 2.34. The van der Waals surface area contributed by atoms with E-state index in [0.717, 1.165) is 19.3 Å². The topological polar surface area (TPSA) is 86.6 Å². The van der Waals surface area contributed by atoms with Crippen molar-refractivity contribution in [2.24, 2.45) is 0 Å². The van der Waals surface area contributed by atoms with Gasteiger partial charge in [0.05, 0.1) is 6.61 Å². The van der Waals surface area contributed by atoms with Gasteiger partial charge in [0, 0.05) is 6.61 Å². The molecule has 0 aromatic carbocycles. The van der Waals surface area contributed by atoms with Gasteiger partial charge >= 0.3 is 0 Å². The number of ether oxygens (including phenoxy) is 5. The summed E-state index contributed by atoms with van der Waals surface area (Å²) in [6, 6.07) is 0. The van der Waals surface area contributed by atoms with E-state index in [9.17, 15) is 10.2 Å². The average Bonchev–Trinajstić information content (AvgIpc) is 2.94. The van der Waals surface area contributed by atoms with Crippen molar-refractivity contribution in [2.75, 3.05) is 13.2 Å². The lowest BCUT2D eigenvalue weighted by atomic mass is 10.1. The maximum atomic E-state index is 10.1. The molecule has 3 saturated heterocycles. The second-order valence-corrected chi connectivity index (χ2v) is 6.25. The maximum absolute atomic E-state index is 10.1. The van der Waals surface area contributed by atoms with E-state index >= 15 is 0 Å². The summed E-state index contributed by atoms with van der Waals surface area (Å²) in [5.74, 6) is -0.696. The molecule has 3 aliphatic heterocycles. The predicted octanol–water partition coefficient (Wildman–Crippen LogP) is 0.128. The van der Waals surface area contributed by atoms with Crippen LogP contribution in [0, 0.1) is 0 Å².